The van der Waals surface area contributed by atoms with Crippen LogP contribution >= 0.6 is 0 Å². The third-order valence-corrected chi connectivity index (χ3v) is 3.95. The maximum Gasteiger partial charge on any atom is 0.322 e. The lowest BCUT2D eigenvalue weighted by atomic mass is 10.1. The van der Waals surface area contributed by atoms with Crippen LogP contribution in [0.5, 0.6) is 0 Å². The molecule has 1 fully saturated rings. The summed E-state index contributed by atoms with van der Waals surface area (Å²) in [4.78, 5) is 20.5. The quantitative estimate of drug-likeness (QED) is 0.942. The van der Waals surface area contributed by atoms with Gasteiger partial charge in [-0.3, -0.25) is 0 Å². The van der Waals surface area contributed by atoms with Gasteiger partial charge in [0.25, 0.3) is 0 Å². The number of anilines is 2. The maximum atomic E-state index is 12.5. The normalized spacial score (nSPS) is 17.3. The fourth-order valence-corrected chi connectivity index (χ4v) is 2.77. The molecule has 1 atom stereocenters. The molecule has 7 nitrogen and oxygen atoms in total. The molecule has 3 rings (SSSR count). The Labute approximate surface area is 135 Å². The monoisotopic (exact) mass is 315 g/mol. The van der Waals surface area contributed by atoms with Crippen LogP contribution in [0.4, 0.5) is 16.3 Å². The van der Waals surface area contributed by atoms with Crippen molar-refractivity contribution in [1.82, 2.24) is 15.0 Å². The van der Waals surface area contributed by atoms with Gasteiger partial charge in [0.2, 0.25) is 0 Å². The van der Waals surface area contributed by atoms with E-state index in [4.69, 9.17) is 4.52 Å². The summed E-state index contributed by atoms with van der Waals surface area (Å²) in [7, 11) is 3.85. The molecule has 1 unspecified atom stereocenters. The molecule has 0 bridgehead atoms. The van der Waals surface area contributed by atoms with Gasteiger partial charge in [-0.1, -0.05) is 5.16 Å². The van der Waals surface area contributed by atoms with Gasteiger partial charge in [-0.25, -0.2) is 9.78 Å². The Hall–Kier alpha value is -2.57. The highest BCUT2D eigenvalue weighted by atomic mass is 16.5. The van der Waals surface area contributed by atoms with E-state index in [0.29, 0.717) is 12.2 Å². The highest BCUT2D eigenvalue weighted by Crippen LogP contribution is 2.32. The third-order valence-electron chi connectivity index (χ3n) is 3.95. The van der Waals surface area contributed by atoms with Crippen molar-refractivity contribution in [1.29, 1.82) is 0 Å². The SMILES string of the molecule is Cc1cc(C2CCCN2C(=O)Nc2ccc(N(C)C)nc2)on1. The number of aromatic nitrogens is 2. The molecule has 2 amide bonds. The van der Waals surface area contributed by atoms with E-state index >= 15 is 0 Å². The average molecular weight is 315 g/mol. The number of aryl methyl sites for hydroxylation is 1. The molecule has 122 valence electrons. The highest BCUT2D eigenvalue weighted by molar-refractivity contribution is 5.89. The van der Waals surface area contributed by atoms with Crippen LogP contribution in [-0.2, 0) is 0 Å². The van der Waals surface area contributed by atoms with Crippen molar-refractivity contribution in [3.8, 4) is 0 Å². The van der Waals surface area contributed by atoms with E-state index in [1.165, 1.54) is 0 Å². The summed E-state index contributed by atoms with van der Waals surface area (Å²) < 4.78 is 5.33. The number of likely N-dealkylation sites (tertiary alicyclic amines) is 1. The number of nitrogens with one attached hydrogen (secondary N) is 1. The van der Waals surface area contributed by atoms with Gasteiger partial charge in [0.05, 0.1) is 23.6 Å². The molecule has 3 heterocycles. The molecule has 0 saturated carbocycles. The van der Waals surface area contributed by atoms with Crippen LogP contribution in [0.3, 0.4) is 0 Å². The smallest absolute Gasteiger partial charge is 0.322 e. The van der Waals surface area contributed by atoms with Crippen LogP contribution < -0.4 is 10.2 Å². The van der Waals surface area contributed by atoms with E-state index in [-0.39, 0.29) is 12.1 Å². The fraction of sp³-hybridized carbons (Fsp3) is 0.438. The lowest BCUT2D eigenvalue weighted by Crippen LogP contribution is -2.34. The molecule has 1 N–H and O–H groups in total. The first-order chi connectivity index (χ1) is 11.0. The van der Waals surface area contributed by atoms with E-state index in [1.807, 2.05) is 44.1 Å². The van der Waals surface area contributed by atoms with Crippen LogP contribution in [-0.4, -0.2) is 41.7 Å². The number of hydrogen-bond acceptors (Lipinski definition) is 5. The molecule has 7 heteroatoms. The second-order valence-electron chi connectivity index (χ2n) is 5.95. The van der Waals surface area contributed by atoms with E-state index in [9.17, 15) is 4.79 Å². The number of carbonyl (C=O) groups excluding carboxylic acids is 1. The van der Waals surface area contributed by atoms with Crippen molar-refractivity contribution < 1.29 is 9.32 Å². The molecular weight excluding hydrogens is 294 g/mol. The van der Waals surface area contributed by atoms with Gasteiger partial charge in [0.15, 0.2) is 5.76 Å². The lowest BCUT2D eigenvalue weighted by Gasteiger charge is -2.23. The molecule has 1 saturated heterocycles. The van der Waals surface area contributed by atoms with Crippen LogP contribution in [0.15, 0.2) is 28.9 Å². The maximum absolute atomic E-state index is 12.5. The standard InChI is InChI=1S/C16H21N5O2/c1-11-9-14(23-19-11)13-5-4-8-21(13)16(22)18-12-6-7-15(17-10-12)20(2)3/h6-7,9-10,13H,4-5,8H2,1-3H3,(H,18,22). The number of hydrogen-bond donors (Lipinski definition) is 1. The molecular formula is C16H21N5O2. The zero-order valence-electron chi connectivity index (χ0n) is 13.6. The van der Waals surface area contributed by atoms with Gasteiger partial charge in [0, 0.05) is 26.7 Å². The largest absolute Gasteiger partial charge is 0.363 e. The van der Waals surface area contributed by atoms with Crippen molar-refractivity contribution in [2.24, 2.45) is 0 Å². The zero-order valence-corrected chi connectivity index (χ0v) is 13.6. The van der Waals surface area contributed by atoms with Gasteiger partial charge < -0.3 is 19.6 Å². The summed E-state index contributed by atoms with van der Waals surface area (Å²) in [6, 6.07) is 5.43. The van der Waals surface area contributed by atoms with E-state index in [0.717, 1.165) is 30.1 Å². The minimum atomic E-state index is -0.138. The van der Waals surface area contributed by atoms with Crippen LogP contribution in [0.2, 0.25) is 0 Å². The van der Waals surface area contributed by atoms with Gasteiger partial charge in [-0.15, -0.1) is 0 Å². The van der Waals surface area contributed by atoms with Crippen molar-refractivity contribution in [2.75, 3.05) is 30.9 Å². The van der Waals surface area contributed by atoms with Crippen LogP contribution in [0, 0.1) is 6.92 Å². The van der Waals surface area contributed by atoms with Gasteiger partial charge in [-0.05, 0) is 31.9 Å². The number of rotatable bonds is 3. The highest BCUT2D eigenvalue weighted by Gasteiger charge is 2.32. The predicted molar refractivity (Wildman–Crippen MR) is 87.5 cm³/mol. The molecule has 0 radical (unpaired) electrons. The average Bonchev–Trinajstić information content (AvgIpc) is 3.16. The predicted octanol–water partition coefficient (Wildman–Crippen LogP) is 2.81. The van der Waals surface area contributed by atoms with Crippen molar-refractivity contribution in [2.45, 2.75) is 25.8 Å². The summed E-state index contributed by atoms with van der Waals surface area (Å²) >= 11 is 0. The van der Waals surface area contributed by atoms with Crippen molar-refractivity contribution >= 4 is 17.5 Å². The Morgan fingerprint density at radius 3 is 2.87 bits per heavy atom. The Bertz CT molecular complexity index is 680. The van der Waals surface area contributed by atoms with Gasteiger partial charge in [-0.2, -0.15) is 0 Å². The van der Waals surface area contributed by atoms with Gasteiger partial charge in [0.1, 0.15) is 5.82 Å². The number of carbonyl (C=O) groups is 1. The molecule has 1 aliphatic heterocycles. The summed E-state index contributed by atoms with van der Waals surface area (Å²) in [5.74, 6) is 1.59. The summed E-state index contributed by atoms with van der Waals surface area (Å²) in [6.07, 6.45) is 3.51. The molecule has 0 aliphatic carbocycles. The molecule has 0 spiro atoms. The fourth-order valence-electron chi connectivity index (χ4n) is 2.77. The minimum absolute atomic E-state index is 0.0507. The molecule has 2 aromatic rings. The first kappa shape index (κ1) is 15.3. The summed E-state index contributed by atoms with van der Waals surface area (Å²) in [5.41, 5.74) is 1.51. The lowest BCUT2D eigenvalue weighted by molar-refractivity contribution is 0.195. The molecule has 23 heavy (non-hydrogen) atoms. The molecule has 2 aromatic heterocycles. The Kier molecular flexibility index (Phi) is 4.18. The van der Waals surface area contributed by atoms with Crippen molar-refractivity contribution in [3.05, 3.63) is 35.9 Å². The number of pyridine rings is 1. The zero-order chi connectivity index (χ0) is 16.4. The molecule has 0 aromatic carbocycles. The Morgan fingerprint density at radius 2 is 2.26 bits per heavy atom. The van der Waals surface area contributed by atoms with Crippen molar-refractivity contribution in [3.63, 3.8) is 0 Å². The van der Waals surface area contributed by atoms with Crippen LogP contribution in [0.1, 0.15) is 30.3 Å². The third kappa shape index (κ3) is 3.28. The second kappa shape index (κ2) is 6.28. The number of nitrogens with zero attached hydrogens (tertiary/aromatic N) is 4. The first-order valence-electron chi connectivity index (χ1n) is 7.69. The topological polar surface area (TPSA) is 74.5 Å². The van der Waals surface area contributed by atoms with E-state index in [1.54, 1.807) is 11.1 Å². The molecule has 1 aliphatic rings. The minimum Gasteiger partial charge on any atom is -0.363 e. The number of urea groups is 1. The Morgan fingerprint density at radius 1 is 1.43 bits per heavy atom. The van der Waals surface area contributed by atoms with Crippen LogP contribution in [0.25, 0.3) is 0 Å². The van der Waals surface area contributed by atoms with E-state index < -0.39 is 0 Å². The Balaban J connectivity index is 1.69. The van der Waals surface area contributed by atoms with E-state index in [2.05, 4.69) is 15.5 Å². The first-order valence-corrected chi connectivity index (χ1v) is 7.69. The summed E-state index contributed by atoms with van der Waals surface area (Å²) in [6.45, 7) is 2.59. The summed E-state index contributed by atoms with van der Waals surface area (Å²) in [5, 5.41) is 6.82. The van der Waals surface area contributed by atoms with Gasteiger partial charge >= 0.3 is 6.03 Å². The second-order valence-corrected chi connectivity index (χ2v) is 5.95. The number of amides is 2.